The maximum atomic E-state index is 12.6. The molecule has 0 aromatic heterocycles. The van der Waals surface area contributed by atoms with Crippen molar-refractivity contribution >= 4 is 5.97 Å². The lowest BCUT2D eigenvalue weighted by atomic mass is 9.83. The molecule has 2 atom stereocenters. The highest BCUT2D eigenvalue weighted by Crippen LogP contribution is 2.33. The largest absolute Gasteiger partial charge is 0.426 e. The van der Waals surface area contributed by atoms with Crippen LogP contribution in [0, 0.1) is 0 Å². The zero-order valence-electron chi connectivity index (χ0n) is 13.9. The molecule has 1 aliphatic rings. The van der Waals surface area contributed by atoms with Crippen molar-refractivity contribution in [3.05, 3.63) is 65.2 Å². The highest BCUT2D eigenvalue weighted by Gasteiger charge is 2.27. The van der Waals surface area contributed by atoms with Crippen molar-refractivity contribution in [2.24, 2.45) is 0 Å². The van der Waals surface area contributed by atoms with Gasteiger partial charge in [-0.25, -0.2) is 0 Å². The first kappa shape index (κ1) is 15.8. The highest BCUT2D eigenvalue weighted by molar-refractivity contribution is 5.81. The molecular weight excluding hydrogens is 284 g/mol. The summed E-state index contributed by atoms with van der Waals surface area (Å²) in [6, 6.07) is 16.2. The molecule has 0 saturated heterocycles. The van der Waals surface area contributed by atoms with Gasteiger partial charge in [0.1, 0.15) is 5.75 Å². The number of carbonyl (C=O) groups is 1. The predicted octanol–water partition coefficient (Wildman–Crippen LogP) is 5.23. The maximum absolute atomic E-state index is 12.6. The van der Waals surface area contributed by atoms with Crippen molar-refractivity contribution in [1.29, 1.82) is 0 Å². The topological polar surface area (TPSA) is 26.3 Å². The van der Waals surface area contributed by atoms with Crippen molar-refractivity contribution in [2.45, 2.75) is 51.4 Å². The number of esters is 1. The van der Waals surface area contributed by atoms with Gasteiger partial charge in [0.25, 0.3) is 0 Å². The van der Waals surface area contributed by atoms with Crippen LogP contribution in [0.3, 0.4) is 0 Å². The molecule has 0 fully saturated rings. The van der Waals surface area contributed by atoms with Gasteiger partial charge >= 0.3 is 5.97 Å². The number of hydrogen-bond acceptors (Lipinski definition) is 2. The molecule has 0 saturated carbocycles. The molecule has 0 amide bonds. The van der Waals surface area contributed by atoms with Gasteiger partial charge in [-0.2, -0.15) is 0 Å². The Morgan fingerprint density at radius 2 is 1.91 bits per heavy atom. The lowest BCUT2D eigenvalue weighted by Gasteiger charge is -2.23. The molecule has 2 aromatic rings. The minimum atomic E-state index is -0.131. The van der Waals surface area contributed by atoms with E-state index >= 15 is 0 Å². The Kier molecular flexibility index (Phi) is 4.80. The van der Waals surface area contributed by atoms with E-state index in [1.165, 1.54) is 11.1 Å². The van der Waals surface area contributed by atoms with E-state index in [9.17, 15) is 4.79 Å². The average molecular weight is 308 g/mol. The van der Waals surface area contributed by atoms with Gasteiger partial charge in [-0.3, -0.25) is 4.79 Å². The van der Waals surface area contributed by atoms with Gasteiger partial charge in [-0.05, 0) is 60.4 Å². The van der Waals surface area contributed by atoms with Crippen LogP contribution >= 0.6 is 0 Å². The van der Waals surface area contributed by atoms with E-state index in [4.69, 9.17) is 4.74 Å². The van der Waals surface area contributed by atoms with E-state index in [-0.39, 0.29) is 11.9 Å². The number of carbonyl (C=O) groups excluding carboxylic acids is 1. The fourth-order valence-corrected chi connectivity index (χ4v) is 3.29. The normalized spacial score (nSPS) is 18.1. The Bertz CT molecular complexity index is 672. The zero-order chi connectivity index (χ0) is 16.2. The number of hydrogen-bond donors (Lipinski definition) is 0. The first-order valence-electron chi connectivity index (χ1n) is 8.58. The lowest BCUT2D eigenvalue weighted by Crippen LogP contribution is -2.22. The molecule has 3 rings (SSSR count). The van der Waals surface area contributed by atoms with Crippen LogP contribution in [0.15, 0.2) is 48.5 Å². The molecule has 0 N–H and O–H groups in total. The van der Waals surface area contributed by atoms with E-state index in [2.05, 4.69) is 38.1 Å². The van der Waals surface area contributed by atoms with Gasteiger partial charge in [0.05, 0.1) is 5.92 Å². The molecule has 1 aliphatic carbocycles. The van der Waals surface area contributed by atoms with Crippen molar-refractivity contribution < 1.29 is 9.53 Å². The Labute approximate surface area is 138 Å². The second-order valence-corrected chi connectivity index (χ2v) is 6.44. The smallest absolute Gasteiger partial charge is 0.318 e. The predicted molar refractivity (Wildman–Crippen MR) is 92.9 cm³/mol. The summed E-state index contributed by atoms with van der Waals surface area (Å²) in [5, 5.41) is 0. The number of ether oxygens (including phenoxy) is 1. The monoisotopic (exact) mass is 308 g/mol. The van der Waals surface area contributed by atoms with Gasteiger partial charge in [0.15, 0.2) is 0 Å². The summed E-state index contributed by atoms with van der Waals surface area (Å²) in [5.74, 6) is 0.915. The quantitative estimate of drug-likeness (QED) is 0.571. The standard InChI is InChI=1S/C21H24O2/c1-3-15(2)16-11-13-18(14-12-16)23-21(22)20-10-6-8-17-7-4-5-9-19(17)20/h4-5,7,9,11-15,20H,3,6,8,10H2,1-2H3. The number of benzene rings is 2. The molecule has 2 heteroatoms. The fourth-order valence-electron chi connectivity index (χ4n) is 3.29. The molecule has 2 aromatic carbocycles. The molecule has 23 heavy (non-hydrogen) atoms. The van der Waals surface area contributed by atoms with Crippen LogP contribution in [0.5, 0.6) is 5.75 Å². The molecule has 120 valence electrons. The summed E-state index contributed by atoms with van der Waals surface area (Å²) < 4.78 is 5.64. The maximum Gasteiger partial charge on any atom is 0.318 e. The summed E-state index contributed by atoms with van der Waals surface area (Å²) in [5.41, 5.74) is 3.71. The Hall–Kier alpha value is -2.09. The second-order valence-electron chi connectivity index (χ2n) is 6.44. The average Bonchev–Trinajstić information content (AvgIpc) is 2.61. The lowest BCUT2D eigenvalue weighted by molar-refractivity contribution is -0.136. The van der Waals surface area contributed by atoms with E-state index in [0.29, 0.717) is 11.7 Å². The molecule has 0 radical (unpaired) electrons. The molecule has 0 heterocycles. The Morgan fingerprint density at radius 1 is 1.17 bits per heavy atom. The van der Waals surface area contributed by atoms with E-state index in [1.807, 2.05) is 24.3 Å². The summed E-state index contributed by atoms with van der Waals surface area (Å²) in [6.07, 6.45) is 4.09. The van der Waals surface area contributed by atoms with Gasteiger partial charge in [0, 0.05) is 0 Å². The number of aryl methyl sites for hydroxylation is 1. The molecule has 2 nitrogen and oxygen atoms in total. The van der Waals surface area contributed by atoms with Crippen LogP contribution in [0.4, 0.5) is 0 Å². The van der Waals surface area contributed by atoms with Crippen LogP contribution < -0.4 is 4.74 Å². The first-order valence-corrected chi connectivity index (χ1v) is 8.58. The van der Waals surface area contributed by atoms with Crippen LogP contribution in [-0.4, -0.2) is 5.97 Å². The van der Waals surface area contributed by atoms with Crippen molar-refractivity contribution in [3.63, 3.8) is 0 Å². The summed E-state index contributed by atoms with van der Waals surface area (Å²) >= 11 is 0. The Morgan fingerprint density at radius 3 is 2.65 bits per heavy atom. The summed E-state index contributed by atoms with van der Waals surface area (Å²) in [4.78, 5) is 12.6. The molecule has 0 aliphatic heterocycles. The van der Waals surface area contributed by atoms with E-state index < -0.39 is 0 Å². The number of rotatable bonds is 4. The minimum absolute atomic E-state index is 0.130. The third-order valence-corrected chi connectivity index (χ3v) is 4.93. The van der Waals surface area contributed by atoms with Crippen LogP contribution in [0.1, 0.15) is 61.6 Å². The van der Waals surface area contributed by atoms with E-state index in [0.717, 1.165) is 31.2 Å². The van der Waals surface area contributed by atoms with Crippen molar-refractivity contribution in [2.75, 3.05) is 0 Å². The van der Waals surface area contributed by atoms with Gasteiger partial charge < -0.3 is 4.74 Å². The van der Waals surface area contributed by atoms with Gasteiger partial charge in [-0.15, -0.1) is 0 Å². The molecule has 0 bridgehead atoms. The third kappa shape index (κ3) is 3.47. The SMILES string of the molecule is CCC(C)c1ccc(OC(=O)C2CCCc3ccccc32)cc1. The number of fused-ring (bicyclic) bond motifs is 1. The summed E-state index contributed by atoms with van der Waals surface area (Å²) in [7, 11) is 0. The third-order valence-electron chi connectivity index (χ3n) is 4.93. The summed E-state index contributed by atoms with van der Waals surface area (Å²) in [6.45, 7) is 4.39. The van der Waals surface area contributed by atoms with Crippen molar-refractivity contribution in [1.82, 2.24) is 0 Å². The molecule has 2 unspecified atom stereocenters. The minimum Gasteiger partial charge on any atom is -0.426 e. The first-order chi connectivity index (χ1) is 11.2. The van der Waals surface area contributed by atoms with E-state index in [1.54, 1.807) is 0 Å². The molecule has 0 spiro atoms. The second kappa shape index (κ2) is 6.99. The molecular formula is C21H24O2. The van der Waals surface area contributed by atoms with Crippen LogP contribution in [0.2, 0.25) is 0 Å². The van der Waals surface area contributed by atoms with Gasteiger partial charge in [-0.1, -0.05) is 50.2 Å². The highest BCUT2D eigenvalue weighted by atomic mass is 16.5. The van der Waals surface area contributed by atoms with Gasteiger partial charge in [0.2, 0.25) is 0 Å². The Balaban J connectivity index is 1.73. The van der Waals surface area contributed by atoms with Crippen LogP contribution in [-0.2, 0) is 11.2 Å². The van der Waals surface area contributed by atoms with Crippen molar-refractivity contribution in [3.8, 4) is 5.75 Å². The van der Waals surface area contributed by atoms with Crippen LogP contribution in [0.25, 0.3) is 0 Å². The zero-order valence-corrected chi connectivity index (χ0v) is 13.9. The fraction of sp³-hybridized carbons (Fsp3) is 0.381.